The molecule has 0 radical (unpaired) electrons. The van der Waals surface area contributed by atoms with E-state index in [1.807, 2.05) is 0 Å². The van der Waals surface area contributed by atoms with Crippen LogP contribution in [0.5, 0.6) is 0 Å². The minimum Gasteiger partial charge on any atom is -0.341 e. The largest absolute Gasteiger partial charge is 0.341 e. The van der Waals surface area contributed by atoms with Gasteiger partial charge in [0.15, 0.2) is 0 Å². The predicted molar refractivity (Wildman–Crippen MR) is 77.2 cm³/mol. The summed E-state index contributed by atoms with van der Waals surface area (Å²) in [5, 5.41) is 3.38. The first-order chi connectivity index (χ1) is 9.16. The summed E-state index contributed by atoms with van der Waals surface area (Å²) in [6.07, 6.45) is 3.37. The van der Waals surface area contributed by atoms with Crippen LogP contribution in [0.3, 0.4) is 0 Å². The standard InChI is InChI=1S/C14H28N4O/c1-16(2)13-4-9-18(10-5-13)14(19)12-17-8-3-6-15-7-11-17/h13,15H,3-12H2,1-2H3. The Kier molecular flexibility index (Phi) is 5.60. The van der Waals surface area contributed by atoms with Crippen molar-refractivity contribution in [3.63, 3.8) is 0 Å². The normalized spacial score (nSPS) is 23.6. The van der Waals surface area contributed by atoms with Gasteiger partial charge < -0.3 is 15.1 Å². The molecule has 0 aromatic carbocycles. The first-order valence-corrected chi connectivity index (χ1v) is 7.54. The number of piperidine rings is 1. The van der Waals surface area contributed by atoms with Crippen molar-refractivity contribution in [1.29, 1.82) is 0 Å². The maximum absolute atomic E-state index is 12.3. The van der Waals surface area contributed by atoms with Crippen LogP contribution in [-0.4, -0.2) is 86.6 Å². The van der Waals surface area contributed by atoms with Crippen molar-refractivity contribution in [2.75, 3.05) is 59.9 Å². The van der Waals surface area contributed by atoms with Crippen molar-refractivity contribution < 1.29 is 4.79 Å². The molecule has 0 spiro atoms. The smallest absolute Gasteiger partial charge is 0.236 e. The molecule has 1 N–H and O–H groups in total. The fourth-order valence-electron chi connectivity index (χ4n) is 2.98. The number of amides is 1. The van der Waals surface area contributed by atoms with E-state index in [-0.39, 0.29) is 0 Å². The molecule has 2 rings (SSSR count). The van der Waals surface area contributed by atoms with Gasteiger partial charge in [0, 0.05) is 32.2 Å². The van der Waals surface area contributed by atoms with Gasteiger partial charge in [0.05, 0.1) is 6.54 Å². The maximum atomic E-state index is 12.3. The van der Waals surface area contributed by atoms with Crippen LogP contribution in [0.4, 0.5) is 0 Å². The van der Waals surface area contributed by atoms with Crippen molar-refractivity contribution in [3.8, 4) is 0 Å². The summed E-state index contributed by atoms with van der Waals surface area (Å²) in [5.41, 5.74) is 0. The first kappa shape index (κ1) is 14.8. The molecule has 0 aromatic rings. The molecule has 2 heterocycles. The predicted octanol–water partition coefficient (Wildman–Crippen LogP) is -0.166. The topological polar surface area (TPSA) is 38.8 Å². The van der Waals surface area contributed by atoms with Crippen molar-refractivity contribution in [1.82, 2.24) is 20.0 Å². The lowest BCUT2D eigenvalue weighted by molar-refractivity contribution is -0.133. The number of carbonyl (C=O) groups is 1. The van der Waals surface area contributed by atoms with Crippen molar-refractivity contribution in [3.05, 3.63) is 0 Å². The number of carbonyl (C=O) groups excluding carboxylic acids is 1. The highest BCUT2D eigenvalue weighted by molar-refractivity contribution is 5.78. The summed E-state index contributed by atoms with van der Waals surface area (Å²) in [4.78, 5) is 18.9. The molecule has 19 heavy (non-hydrogen) atoms. The molecule has 5 heteroatoms. The third-order valence-electron chi connectivity index (χ3n) is 4.34. The maximum Gasteiger partial charge on any atom is 0.236 e. The number of hydrogen-bond acceptors (Lipinski definition) is 4. The Hall–Kier alpha value is -0.650. The fourth-order valence-corrected chi connectivity index (χ4v) is 2.98. The van der Waals surface area contributed by atoms with Crippen LogP contribution in [0.2, 0.25) is 0 Å². The highest BCUT2D eigenvalue weighted by Crippen LogP contribution is 2.14. The molecule has 0 unspecified atom stereocenters. The van der Waals surface area contributed by atoms with Crippen LogP contribution < -0.4 is 5.32 Å². The van der Waals surface area contributed by atoms with E-state index in [9.17, 15) is 4.79 Å². The summed E-state index contributed by atoms with van der Waals surface area (Å²) >= 11 is 0. The Morgan fingerprint density at radius 1 is 1.16 bits per heavy atom. The zero-order valence-corrected chi connectivity index (χ0v) is 12.4. The lowest BCUT2D eigenvalue weighted by Gasteiger charge is -2.36. The SMILES string of the molecule is CN(C)C1CCN(C(=O)CN2CCCNCC2)CC1. The summed E-state index contributed by atoms with van der Waals surface area (Å²) in [7, 11) is 4.26. The van der Waals surface area contributed by atoms with Gasteiger partial charge in [-0.25, -0.2) is 0 Å². The molecule has 2 aliphatic rings. The van der Waals surface area contributed by atoms with Crippen LogP contribution in [0, 0.1) is 0 Å². The van der Waals surface area contributed by atoms with E-state index in [1.165, 1.54) is 0 Å². The van der Waals surface area contributed by atoms with E-state index < -0.39 is 0 Å². The van der Waals surface area contributed by atoms with E-state index in [4.69, 9.17) is 0 Å². The molecule has 1 amide bonds. The van der Waals surface area contributed by atoms with Gasteiger partial charge in [-0.05, 0) is 46.4 Å². The Balaban J connectivity index is 1.74. The number of rotatable bonds is 3. The number of likely N-dealkylation sites (tertiary alicyclic amines) is 1. The van der Waals surface area contributed by atoms with E-state index in [2.05, 4.69) is 34.1 Å². The second-order valence-electron chi connectivity index (χ2n) is 5.96. The quantitative estimate of drug-likeness (QED) is 0.772. The van der Waals surface area contributed by atoms with E-state index in [0.29, 0.717) is 18.5 Å². The highest BCUT2D eigenvalue weighted by Gasteiger charge is 2.24. The molecular weight excluding hydrogens is 240 g/mol. The monoisotopic (exact) mass is 268 g/mol. The van der Waals surface area contributed by atoms with Crippen LogP contribution in [0.1, 0.15) is 19.3 Å². The summed E-state index contributed by atoms with van der Waals surface area (Å²) < 4.78 is 0. The van der Waals surface area contributed by atoms with Gasteiger partial charge in [0.2, 0.25) is 5.91 Å². The third kappa shape index (κ3) is 4.44. The molecule has 5 nitrogen and oxygen atoms in total. The minimum atomic E-state index is 0.319. The third-order valence-corrected chi connectivity index (χ3v) is 4.34. The number of nitrogens with zero attached hydrogens (tertiary/aromatic N) is 3. The average Bonchev–Trinajstić information content (AvgIpc) is 2.67. The van der Waals surface area contributed by atoms with Gasteiger partial charge in [-0.15, -0.1) is 0 Å². The zero-order valence-electron chi connectivity index (χ0n) is 12.4. The molecule has 110 valence electrons. The Labute approximate surface area is 116 Å². The molecule has 0 atom stereocenters. The lowest BCUT2D eigenvalue weighted by Crippen LogP contribution is -2.48. The van der Waals surface area contributed by atoms with Crippen LogP contribution in [0.15, 0.2) is 0 Å². The second-order valence-corrected chi connectivity index (χ2v) is 5.96. The van der Waals surface area contributed by atoms with Gasteiger partial charge in [-0.3, -0.25) is 9.69 Å². The van der Waals surface area contributed by atoms with Crippen LogP contribution in [-0.2, 0) is 4.79 Å². The average molecular weight is 268 g/mol. The molecule has 0 aromatic heterocycles. The van der Waals surface area contributed by atoms with Crippen LogP contribution >= 0.6 is 0 Å². The Bertz CT molecular complexity index is 279. The molecular formula is C14H28N4O. The van der Waals surface area contributed by atoms with Crippen molar-refractivity contribution >= 4 is 5.91 Å². The Morgan fingerprint density at radius 2 is 1.89 bits per heavy atom. The summed E-state index contributed by atoms with van der Waals surface area (Å²) in [6.45, 7) is 6.59. The molecule has 2 aliphatic heterocycles. The highest BCUT2D eigenvalue weighted by atomic mass is 16.2. The molecule has 0 saturated carbocycles. The molecule has 2 saturated heterocycles. The minimum absolute atomic E-state index is 0.319. The zero-order chi connectivity index (χ0) is 13.7. The van der Waals surface area contributed by atoms with E-state index >= 15 is 0 Å². The lowest BCUT2D eigenvalue weighted by atomic mass is 10.0. The van der Waals surface area contributed by atoms with E-state index in [1.54, 1.807) is 0 Å². The van der Waals surface area contributed by atoms with Gasteiger partial charge in [-0.2, -0.15) is 0 Å². The van der Waals surface area contributed by atoms with E-state index in [0.717, 1.165) is 58.5 Å². The Morgan fingerprint density at radius 3 is 2.58 bits per heavy atom. The van der Waals surface area contributed by atoms with Gasteiger partial charge >= 0.3 is 0 Å². The van der Waals surface area contributed by atoms with Crippen molar-refractivity contribution in [2.45, 2.75) is 25.3 Å². The molecule has 2 fully saturated rings. The summed E-state index contributed by atoms with van der Waals surface area (Å²) in [6, 6.07) is 0.645. The van der Waals surface area contributed by atoms with Gasteiger partial charge in [0.25, 0.3) is 0 Å². The fraction of sp³-hybridized carbons (Fsp3) is 0.929. The van der Waals surface area contributed by atoms with Gasteiger partial charge in [-0.1, -0.05) is 0 Å². The summed E-state index contributed by atoms with van der Waals surface area (Å²) in [5.74, 6) is 0.319. The molecule has 0 bridgehead atoms. The first-order valence-electron chi connectivity index (χ1n) is 7.54. The number of hydrogen-bond donors (Lipinski definition) is 1. The second kappa shape index (κ2) is 7.22. The van der Waals surface area contributed by atoms with Crippen LogP contribution in [0.25, 0.3) is 0 Å². The van der Waals surface area contributed by atoms with Gasteiger partial charge in [0.1, 0.15) is 0 Å². The van der Waals surface area contributed by atoms with Crippen molar-refractivity contribution in [2.24, 2.45) is 0 Å². The number of nitrogens with one attached hydrogen (secondary N) is 1. The molecule has 0 aliphatic carbocycles.